The zero-order chi connectivity index (χ0) is 18.8. The summed E-state index contributed by atoms with van der Waals surface area (Å²) in [6.07, 6.45) is -0.387. The van der Waals surface area contributed by atoms with E-state index < -0.39 is 0 Å². The topological polar surface area (TPSA) is 59.6 Å². The molecule has 0 radical (unpaired) electrons. The lowest BCUT2D eigenvalue weighted by Gasteiger charge is -2.30. The molecule has 2 rings (SSSR count). The van der Waals surface area contributed by atoms with E-state index in [1.54, 1.807) is 11.8 Å². The van der Waals surface area contributed by atoms with Crippen molar-refractivity contribution >= 4 is 22.6 Å². The van der Waals surface area contributed by atoms with Crippen LogP contribution in [0.4, 0.5) is 5.69 Å². The number of nitriles is 1. The number of hydrogen-bond donors (Lipinski definition) is 1. The van der Waals surface area contributed by atoms with Crippen molar-refractivity contribution in [1.82, 2.24) is 4.90 Å². The molecule has 0 aromatic heterocycles. The minimum absolute atomic E-state index is 0.0952. The van der Waals surface area contributed by atoms with Crippen LogP contribution in [0.1, 0.15) is 52.7 Å². The first-order chi connectivity index (χ1) is 11.6. The summed E-state index contributed by atoms with van der Waals surface area (Å²) in [6.45, 7) is 13.5. The minimum atomic E-state index is -0.387. The molecule has 0 spiro atoms. The number of nitrogens with zero attached hydrogens (tertiary/aromatic N) is 3. The molecule has 0 amide bonds. The van der Waals surface area contributed by atoms with Gasteiger partial charge in [0.05, 0.1) is 29.5 Å². The average Bonchev–Trinajstić information content (AvgIpc) is 2.88. The van der Waals surface area contributed by atoms with Crippen molar-refractivity contribution in [1.29, 1.82) is 5.26 Å². The largest absolute Gasteiger partial charge is 0.391 e. The molecule has 1 saturated heterocycles. The maximum absolute atomic E-state index is 10.1. The Labute approximate surface area is 155 Å². The first-order valence-corrected chi connectivity index (χ1v) is 9.83. The van der Waals surface area contributed by atoms with Gasteiger partial charge in [0.1, 0.15) is 0 Å². The maximum Gasteiger partial charge on any atom is 0.164 e. The summed E-state index contributed by atoms with van der Waals surface area (Å²) in [4.78, 5) is 7.19. The predicted octanol–water partition coefficient (Wildman–Crippen LogP) is 4.30. The van der Waals surface area contributed by atoms with Crippen molar-refractivity contribution < 1.29 is 5.11 Å². The third kappa shape index (κ3) is 4.77. The molecule has 1 aromatic rings. The van der Waals surface area contributed by atoms with Gasteiger partial charge in [0.25, 0.3) is 0 Å². The fourth-order valence-electron chi connectivity index (χ4n) is 2.98. The van der Waals surface area contributed by atoms with Crippen LogP contribution in [-0.2, 0) is 5.41 Å². The number of amidine groups is 1. The number of rotatable bonds is 4. The molecule has 1 fully saturated rings. The van der Waals surface area contributed by atoms with E-state index in [-0.39, 0.29) is 17.6 Å². The fraction of sp³-hybridized carbons (Fsp3) is 0.600. The number of aliphatic hydroxyl groups is 1. The second kappa shape index (κ2) is 7.80. The third-order valence-corrected chi connectivity index (χ3v) is 5.39. The van der Waals surface area contributed by atoms with E-state index in [1.165, 1.54) is 0 Å². The van der Waals surface area contributed by atoms with Crippen molar-refractivity contribution in [2.24, 2.45) is 10.9 Å². The van der Waals surface area contributed by atoms with Crippen molar-refractivity contribution in [3.63, 3.8) is 0 Å². The molecule has 4 nitrogen and oxygen atoms in total. The summed E-state index contributed by atoms with van der Waals surface area (Å²) in [7, 11) is 0. The van der Waals surface area contributed by atoms with Crippen LogP contribution in [0.3, 0.4) is 0 Å². The van der Waals surface area contributed by atoms with Crippen LogP contribution >= 0.6 is 11.8 Å². The molecule has 136 valence electrons. The molecule has 0 unspecified atom stereocenters. The quantitative estimate of drug-likeness (QED) is 0.871. The van der Waals surface area contributed by atoms with E-state index in [2.05, 4.69) is 45.6 Å². The molecule has 5 heteroatoms. The summed E-state index contributed by atoms with van der Waals surface area (Å²) in [5, 5.41) is 20.3. The highest BCUT2D eigenvalue weighted by Gasteiger charge is 2.34. The van der Waals surface area contributed by atoms with Gasteiger partial charge in [-0.1, -0.05) is 46.4 Å². The lowest BCUT2D eigenvalue weighted by molar-refractivity contribution is 0.111. The highest BCUT2D eigenvalue weighted by Crippen LogP contribution is 2.35. The van der Waals surface area contributed by atoms with Crippen LogP contribution in [0.25, 0.3) is 0 Å². The van der Waals surface area contributed by atoms with Gasteiger partial charge in [0.2, 0.25) is 0 Å². The first kappa shape index (κ1) is 19.8. The highest BCUT2D eigenvalue weighted by molar-refractivity contribution is 8.14. The molecule has 1 aromatic carbocycles. The summed E-state index contributed by atoms with van der Waals surface area (Å²) in [6, 6.07) is 8.03. The average molecular weight is 360 g/mol. The minimum Gasteiger partial charge on any atom is -0.391 e. The van der Waals surface area contributed by atoms with Gasteiger partial charge in [-0.05, 0) is 42.0 Å². The van der Waals surface area contributed by atoms with Crippen molar-refractivity contribution in [2.45, 2.75) is 59.1 Å². The van der Waals surface area contributed by atoms with Crippen molar-refractivity contribution in [3.05, 3.63) is 29.3 Å². The summed E-state index contributed by atoms with van der Waals surface area (Å²) >= 11 is 1.70. The van der Waals surface area contributed by atoms with Crippen molar-refractivity contribution in [3.8, 4) is 6.07 Å². The molecule has 1 aliphatic rings. The highest BCUT2D eigenvalue weighted by atomic mass is 32.2. The Bertz CT molecular complexity index is 683. The van der Waals surface area contributed by atoms with Gasteiger partial charge in [-0.15, -0.1) is 0 Å². The van der Waals surface area contributed by atoms with Gasteiger partial charge in [-0.3, -0.25) is 0 Å². The molecule has 2 atom stereocenters. The predicted molar refractivity (Wildman–Crippen MR) is 106 cm³/mol. The van der Waals surface area contributed by atoms with Gasteiger partial charge >= 0.3 is 0 Å². The Balaban J connectivity index is 2.46. The Morgan fingerprint density at radius 3 is 2.56 bits per heavy atom. The van der Waals surface area contributed by atoms with Crippen LogP contribution in [0.2, 0.25) is 0 Å². The van der Waals surface area contributed by atoms with Crippen LogP contribution in [-0.4, -0.2) is 39.6 Å². The summed E-state index contributed by atoms with van der Waals surface area (Å²) < 4.78 is 0. The monoisotopic (exact) mass is 359 g/mol. The van der Waals surface area contributed by atoms with Crippen LogP contribution in [0, 0.1) is 17.2 Å². The fourth-order valence-corrected chi connectivity index (χ4v) is 4.30. The van der Waals surface area contributed by atoms with Gasteiger partial charge in [0.15, 0.2) is 5.17 Å². The summed E-state index contributed by atoms with van der Waals surface area (Å²) in [5.74, 6) is 1.35. The van der Waals surface area contributed by atoms with E-state index in [4.69, 9.17) is 4.99 Å². The standard InChI is InChI=1S/C20H29N3OS/c1-13(2)11-23-18(14(3)24)12-25-19(23)22-17-8-7-15(10-21)9-16(17)20(4,5)6/h7-9,13-14,18,24H,11-12H2,1-6H3/t14-,18+/m1/s1. The lowest BCUT2D eigenvalue weighted by atomic mass is 9.85. The molecular formula is C20H29N3OS. The second-order valence-electron chi connectivity index (χ2n) is 8.15. The van der Waals surface area contributed by atoms with Crippen LogP contribution in [0.15, 0.2) is 23.2 Å². The van der Waals surface area contributed by atoms with E-state index in [0.29, 0.717) is 11.5 Å². The molecule has 0 aliphatic carbocycles. The first-order valence-electron chi connectivity index (χ1n) is 8.84. The van der Waals surface area contributed by atoms with E-state index in [0.717, 1.165) is 28.7 Å². The number of aliphatic imine (C=N–C) groups is 1. The Hall–Kier alpha value is -1.51. The third-order valence-electron chi connectivity index (χ3n) is 4.30. The lowest BCUT2D eigenvalue weighted by Crippen LogP contribution is -2.43. The van der Waals surface area contributed by atoms with Gasteiger partial charge in [0, 0.05) is 12.3 Å². The van der Waals surface area contributed by atoms with Crippen LogP contribution < -0.4 is 0 Å². The molecule has 0 bridgehead atoms. The normalized spacial score (nSPS) is 21.0. The van der Waals surface area contributed by atoms with E-state index in [1.807, 2.05) is 25.1 Å². The molecule has 0 saturated carbocycles. The number of aliphatic hydroxyl groups excluding tert-OH is 1. The molecular weight excluding hydrogens is 330 g/mol. The Morgan fingerprint density at radius 1 is 1.36 bits per heavy atom. The zero-order valence-corrected chi connectivity index (χ0v) is 16.9. The smallest absolute Gasteiger partial charge is 0.164 e. The molecule has 25 heavy (non-hydrogen) atoms. The summed E-state index contributed by atoms with van der Waals surface area (Å²) in [5.41, 5.74) is 2.55. The van der Waals surface area contributed by atoms with Gasteiger partial charge < -0.3 is 10.0 Å². The molecule has 1 heterocycles. The van der Waals surface area contributed by atoms with E-state index >= 15 is 0 Å². The maximum atomic E-state index is 10.1. The van der Waals surface area contributed by atoms with Crippen molar-refractivity contribution in [2.75, 3.05) is 12.3 Å². The number of benzene rings is 1. The van der Waals surface area contributed by atoms with Crippen LogP contribution in [0.5, 0.6) is 0 Å². The molecule has 1 aliphatic heterocycles. The second-order valence-corrected chi connectivity index (χ2v) is 9.14. The molecule has 1 N–H and O–H groups in total. The van der Waals surface area contributed by atoms with Gasteiger partial charge in [-0.25, -0.2) is 4.99 Å². The van der Waals surface area contributed by atoms with E-state index in [9.17, 15) is 10.4 Å². The number of thioether (sulfide) groups is 1. The Morgan fingerprint density at radius 2 is 2.04 bits per heavy atom. The zero-order valence-electron chi connectivity index (χ0n) is 16.1. The SMILES string of the molecule is CC(C)CN1C(=Nc2ccc(C#N)cc2C(C)(C)C)SC[C@H]1[C@@H](C)O. The number of hydrogen-bond acceptors (Lipinski definition) is 4. The Kier molecular flexibility index (Phi) is 6.18. The van der Waals surface area contributed by atoms with Gasteiger partial charge in [-0.2, -0.15) is 5.26 Å².